The molecule has 1 aliphatic rings. The van der Waals surface area contributed by atoms with E-state index in [0.29, 0.717) is 6.54 Å². The van der Waals surface area contributed by atoms with Gasteiger partial charge in [0.1, 0.15) is 17.1 Å². The number of halogens is 1. The van der Waals surface area contributed by atoms with Gasteiger partial charge in [0.25, 0.3) is 11.8 Å². The Hall–Kier alpha value is -3.27. The number of carbonyl (C=O) groups is 3. The van der Waals surface area contributed by atoms with Gasteiger partial charge < -0.3 is 20.4 Å². The predicted molar refractivity (Wildman–Crippen MR) is 121 cm³/mol. The Kier molecular flexibility index (Phi) is 7.47. The maximum absolute atomic E-state index is 13.1. The Morgan fingerprint density at radius 3 is 2.48 bits per heavy atom. The van der Waals surface area contributed by atoms with E-state index in [1.807, 2.05) is 0 Å². The zero-order chi connectivity index (χ0) is 24.2. The van der Waals surface area contributed by atoms with E-state index in [4.69, 9.17) is 0 Å². The number of hydrogen-bond acceptors (Lipinski definition) is 5. The molecule has 178 valence electrons. The van der Waals surface area contributed by atoms with E-state index in [0.717, 1.165) is 25.2 Å². The topological polar surface area (TPSA) is 99.6 Å². The number of hydrogen-bond donors (Lipinski definition) is 2. The minimum absolute atomic E-state index is 0.104. The van der Waals surface area contributed by atoms with Crippen LogP contribution in [0.15, 0.2) is 30.3 Å². The van der Waals surface area contributed by atoms with Crippen molar-refractivity contribution in [2.45, 2.75) is 39.4 Å². The molecule has 1 atom stereocenters. The number of nitrogens with zero attached hydrogens (tertiary/aromatic N) is 4. The van der Waals surface area contributed by atoms with Gasteiger partial charge in [-0.3, -0.25) is 19.1 Å². The summed E-state index contributed by atoms with van der Waals surface area (Å²) >= 11 is 0. The Bertz CT molecular complexity index is 1020. The summed E-state index contributed by atoms with van der Waals surface area (Å²) in [6, 6.07) is 7.28. The molecule has 0 radical (unpaired) electrons. The fraction of sp³-hybridized carbons (Fsp3) is 0.478. The Morgan fingerprint density at radius 1 is 1.18 bits per heavy atom. The van der Waals surface area contributed by atoms with Gasteiger partial charge in [0.05, 0.1) is 6.54 Å². The summed E-state index contributed by atoms with van der Waals surface area (Å²) in [5, 5.41) is 9.94. The molecule has 3 amide bonds. The molecular weight excluding hydrogens is 427 g/mol. The number of likely N-dealkylation sites (N-methyl/N-ethyl adjacent to an activating group) is 2. The first-order valence-electron chi connectivity index (χ1n) is 11.1. The molecule has 2 N–H and O–H groups in total. The first-order valence-corrected chi connectivity index (χ1v) is 11.1. The van der Waals surface area contributed by atoms with Crippen LogP contribution in [-0.2, 0) is 17.9 Å². The van der Waals surface area contributed by atoms with Crippen molar-refractivity contribution in [2.75, 3.05) is 33.2 Å². The van der Waals surface area contributed by atoms with E-state index in [9.17, 15) is 18.8 Å². The van der Waals surface area contributed by atoms with Crippen LogP contribution in [-0.4, -0.2) is 76.1 Å². The van der Waals surface area contributed by atoms with E-state index in [1.54, 1.807) is 26.1 Å². The van der Waals surface area contributed by atoms with Crippen molar-refractivity contribution in [3.8, 4) is 0 Å². The Balaban J connectivity index is 1.68. The van der Waals surface area contributed by atoms with Crippen molar-refractivity contribution in [1.29, 1.82) is 0 Å². The number of amides is 3. The molecule has 0 saturated heterocycles. The summed E-state index contributed by atoms with van der Waals surface area (Å²) in [5.74, 6) is -1.47. The third-order valence-corrected chi connectivity index (χ3v) is 6.20. The van der Waals surface area contributed by atoms with Crippen molar-refractivity contribution in [1.82, 2.24) is 30.2 Å². The highest BCUT2D eigenvalue weighted by molar-refractivity contribution is 6.01. The zero-order valence-electron chi connectivity index (χ0n) is 19.5. The van der Waals surface area contributed by atoms with Crippen LogP contribution in [0.2, 0.25) is 0 Å². The Labute approximate surface area is 192 Å². The van der Waals surface area contributed by atoms with Crippen LogP contribution in [0, 0.1) is 5.82 Å². The zero-order valence-corrected chi connectivity index (χ0v) is 19.5. The minimum Gasteiger partial charge on any atom is -0.350 e. The highest BCUT2D eigenvalue weighted by atomic mass is 19.1. The molecule has 0 spiro atoms. The van der Waals surface area contributed by atoms with Crippen LogP contribution < -0.4 is 10.6 Å². The molecule has 0 aliphatic carbocycles. The van der Waals surface area contributed by atoms with Crippen molar-refractivity contribution in [2.24, 2.45) is 0 Å². The first-order chi connectivity index (χ1) is 15.7. The molecule has 33 heavy (non-hydrogen) atoms. The molecule has 2 heterocycles. The smallest absolute Gasteiger partial charge is 0.272 e. The van der Waals surface area contributed by atoms with E-state index in [-0.39, 0.29) is 42.1 Å². The number of nitrogens with one attached hydrogen (secondary N) is 2. The van der Waals surface area contributed by atoms with Gasteiger partial charge in [-0.2, -0.15) is 5.10 Å². The summed E-state index contributed by atoms with van der Waals surface area (Å²) < 4.78 is 14.5. The third-order valence-electron chi connectivity index (χ3n) is 6.20. The first kappa shape index (κ1) is 24.4. The fourth-order valence-corrected chi connectivity index (χ4v) is 3.77. The molecule has 0 fully saturated rings. The molecule has 0 saturated carbocycles. The second-order valence-corrected chi connectivity index (χ2v) is 8.30. The molecule has 0 bridgehead atoms. The molecule has 1 aromatic carbocycles. The maximum Gasteiger partial charge on any atom is 0.272 e. The molecule has 9 nitrogen and oxygen atoms in total. The van der Waals surface area contributed by atoms with Gasteiger partial charge in [0.2, 0.25) is 5.91 Å². The van der Waals surface area contributed by atoms with E-state index >= 15 is 0 Å². The summed E-state index contributed by atoms with van der Waals surface area (Å²) in [6.45, 7) is 9.06. The lowest BCUT2D eigenvalue weighted by Gasteiger charge is -2.40. The SMILES string of the molecule is CCN(CC)CCNC(=O)c1cc2n(n1)C[C@](C)(C(=O)NCc1ccc(F)cc1)N(C)C2=O. The lowest BCUT2D eigenvalue weighted by molar-refractivity contribution is -0.132. The average Bonchev–Trinajstić information content (AvgIpc) is 3.23. The largest absolute Gasteiger partial charge is 0.350 e. The predicted octanol–water partition coefficient (Wildman–Crippen LogP) is 1.25. The van der Waals surface area contributed by atoms with Crippen molar-refractivity contribution in [3.05, 3.63) is 53.1 Å². The lowest BCUT2D eigenvalue weighted by Crippen LogP contribution is -2.62. The summed E-state index contributed by atoms with van der Waals surface area (Å²) in [7, 11) is 1.56. The van der Waals surface area contributed by atoms with Gasteiger partial charge in [0, 0.05) is 32.7 Å². The van der Waals surface area contributed by atoms with Crippen molar-refractivity contribution >= 4 is 17.7 Å². The summed E-state index contributed by atoms with van der Waals surface area (Å²) in [5.41, 5.74) is -0.0637. The van der Waals surface area contributed by atoms with E-state index < -0.39 is 11.4 Å². The van der Waals surface area contributed by atoms with Crippen LogP contribution >= 0.6 is 0 Å². The lowest BCUT2D eigenvalue weighted by atomic mass is 9.96. The molecule has 1 aromatic heterocycles. The maximum atomic E-state index is 13.1. The highest BCUT2D eigenvalue weighted by Gasteiger charge is 2.46. The monoisotopic (exact) mass is 458 g/mol. The van der Waals surface area contributed by atoms with Crippen LogP contribution in [0.3, 0.4) is 0 Å². The second-order valence-electron chi connectivity index (χ2n) is 8.30. The van der Waals surface area contributed by atoms with Crippen LogP contribution in [0.1, 0.15) is 47.3 Å². The molecule has 10 heteroatoms. The molecule has 1 aliphatic heterocycles. The van der Waals surface area contributed by atoms with Crippen molar-refractivity contribution in [3.63, 3.8) is 0 Å². The summed E-state index contributed by atoms with van der Waals surface area (Å²) in [6.07, 6.45) is 0. The number of rotatable bonds is 9. The molecule has 3 rings (SSSR count). The van der Waals surface area contributed by atoms with E-state index in [1.165, 1.54) is 27.8 Å². The van der Waals surface area contributed by atoms with Gasteiger partial charge in [-0.25, -0.2) is 4.39 Å². The molecule has 2 aromatic rings. The van der Waals surface area contributed by atoms with Gasteiger partial charge >= 0.3 is 0 Å². The van der Waals surface area contributed by atoms with Crippen LogP contribution in [0.4, 0.5) is 4.39 Å². The average molecular weight is 459 g/mol. The molecular formula is C23H31FN6O3. The number of carbonyl (C=O) groups excluding carboxylic acids is 3. The number of fused-ring (bicyclic) bond motifs is 1. The van der Waals surface area contributed by atoms with Gasteiger partial charge in [0.15, 0.2) is 5.69 Å². The highest BCUT2D eigenvalue weighted by Crippen LogP contribution is 2.26. The van der Waals surface area contributed by atoms with Gasteiger partial charge in [-0.1, -0.05) is 26.0 Å². The number of aromatic nitrogens is 2. The van der Waals surface area contributed by atoms with Crippen molar-refractivity contribution < 1.29 is 18.8 Å². The third kappa shape index (κ3) is 5.22. The van der Waals surface area contributed by atoms with E-state index in [2.05, 4.69) is 34.5 Å². The fourth-order valence-electron chi connectivity index (χ4n) is 3.77. The Morgan fingerprint density at radius 2 is 1.85 bits per heavy atom. The quantitative estimate of drug-likeness (QED) is 0.589. The van der Waals surface area contributed by atoms with Gasteiger partial charge in [-0.05, 0) is 37.7 Å². The second kappa shape index (κ2) is 10.1. The van der Waals surface area contributed by atoms with Gasteiger partial charge in [-0.15, -0.1) is 0 Å². The van der Waals surface area contributed by atoms with Crippen LogP contribution in [0.25, 0.3) is 0 Å². The normalized spacial score (nSPS) is 17.8. The minimum atomic E-state index is -1.20. The van der Waals surface area contributed by atoms with Crippen LogP contribution in [0.5, 0.6) is 0 Å². The summed E-state index contributed by atoms with van der Waals surface area (Å²) in [4.78, 5) is 42.1. The number of benzene rings is 1. The molecule has 0 unspecified atom stereocenters. The standard InChI is InChI=1S/C23H31FN6O3/c1-5-29(6-2)12-11-25-20(31)18-13-19-21(32)28(4)23(3,15-30(19)27-18)22(33)26-14-16-7-9-17(24)10-8-16/h7-10,13H,5-6,11-12,14-15H2,1-4H3,(H,25,31)(H,26,33)/t23-/m1/s1.